The van der Waals surface area contributed by atoms with Crippen molar-refractivity contribution in [3.05, 3.63) is 0 Å². The average Bonchev–Trinajstić information content (AvgIpc) is 2.40. The van der Waals surface area contributed by atoms with Crippen LogP contribution in [0.1, 0.15) is 20.3 Å². The Morgan fingerprint density at radius 3 is 2.23 bits per heavy atom. The highest BCUT2D eigenvalue weighted by atomic mass is 15.2. The lowest BCUT2D eigenvalue weighted by Gasteiger charge is -2.27. The first-order chi connectivity index (χ1) is 6.03. The van der Waals surface area contributed by atoms with Crippen molar-refractivity contribution >= 4 is 0 Å². The topological polar surface area (TPSA) is 6.48 Å². The highest BCUT2D eigenvalue weighted by molar-refractivity contribution is 5.01. The van der Waals surface area contributed by atoms with Gasteiger partial charge in [0.15, 0.2) is 0 Å². The van der Waals surface area contributed by atoms with E-state index in [0.717, 1.165) is 12.0 Å². The zero-order valence-electron chi connectivity index (χ0n) is 9.38. The Kier molecular flexibility index (Phi) is 2.16. The summed E-state index contributed by atoms with van der Waals surface area (Å²) < 4.78 is 0. The van der Waals surface area contributed by atoms with Crippen LogP contribution < -0.4 is 0 Å². The lowest BCUT2D eigenvalue weighted by molar-refractivity contribution is 0.233. The molecule has 2 aliphatic heterocycles. The second kappa shape index (κ2) is 2.96. The van der Waals surface area contributed by atoms with E-state index in [4.69, 9.17) is 0 Å². The zero-order chi connectivity index (χ0) is 9.64. The Balaban J connectivity index is 2.14. The molecule has 0 aromatic heterocycles. The summed E-state index contributed by atoms with van der Waals surface area (Å²) in [6.45, 7) is 8.69. The van der Waals surface area contributed by atoms with Crippen LogP contribution in [0.5, 0.6) is 0 Å². The standard InChI is InChI=1S/C11H22N2/c1-9-6-12(3)7-11(9)5-10(2)13(4)8-11/h9-10H,5-8H2,1-4H3. The molecule has 0 N–H and O–H groups in total. The molecule has 3 unspecified atom stereocenters. The molecule has 0 aromatic rings. The molecule has 1 spiro atoms. The van der Waals surface area contributed by atoms with Crippen molar-refractivity contribution in [1.82, 2.24) is 9.80 Å². The van der Waals surface area contributed by atoms with Gasteiger partial charge in [-0.05, 0) is 33.4 Å². The fraction of sp³-hybridized carbons (Fsp3) is 1.00. The molecule has 13 heavy (non-hydrogen) atoms. The normalized spacial score (nSPS) is 48.0. The van der Waals surface area contributed by atoms with Gasteiger partial charge in [-0.1, -0.05) is 6.92 Å². The van der Waals surface area contributed by atoms with E-state index in [1.165, 1.54) is 26.1 Å². The SMILES string of the molecule is CC1CC2(CN(C)CC2C)CN1C. The van der Waals surface area contributed by atoms with Crippen molar-refractivity contribution in [2.45, 2.75) is 26.3 Å². The second-order valence-electron chi connectivity index (χ2n) is 5.43. The van der Waals surface area contributed by atoms with Gasteiger partial charge in [0.1, 0.15) is 0 Å². The zero-order valence-corrected chi connectivity index (χ0v) is 9.38. The lowest BCUT2D eigenvalue weighted by atomic mass is 9.77. The minimum atomic E-state index is 0.614. The van der Waals surface area contributed by atoms with E-state index in [-0.39, 0.29) is 0 Å². The molecule has 2 aliphatic rings. The van der Waals surface area contributed by atoms with E-state index in [1.807, 2.05) is 0 Å². The van der Waals surface area contributed by atoms with Gasteiger partial charge in [0.2, 0.25) is 0 Å². The Labute approximate surface area is 81.9 Å². The van der Waals surface area contributed by atoms with Gasteiger partial charge in [0.25, 0.3) is 0 Å². The highest BCUT2D eigenvalue weighted by Crippen LogP contribution is 2.44. The van der Waals surface area contributed by atoms with Crippen LogP contribution in [0.3, 0.4) is 0 Å². The average molecular weight is 182 g/mol. The minimum absolute atomic E-state index is 0.614. The largest absolute Gasteiger partial charge is 0.305 e. The molecule has 0 bridgehead atoms. The first-order valence-electron chi connectivity index (χ1n) is 5.42. The van der Waals surface area contributed by atoms with Crippen molar-refractivity contribution in [3.63, 3.8) is 0 Å². The smallest absolute Gasteiger partial charge is 0.00704 e. The van der Waals surface area contributed by atoms with Gasteiger partial charge in [-0.3, -0.25) is 0 Å². The molecular weight excluding hydrogens is 160 g/mol. The summed E-state index contributed by atoms with van der Waals surface area (Å²) in [6.07, 6.45) is 1.40. The first kappa shape index (κ1) is 9.47. The van der Waals surface area contributed by atoms with E-state index in [1.54, 1.807) is 0 Å². The molecule has 76 valence electrons. The Hall–Kier alpha value is -0.0800. The Morgan fingerprint density at radius 2 is 1.85 bits per heavy atom. The summed E-state index contributed by atoms with van der Waals surface area (Å²) in [4.78, 5) is 5.02. The maximum absolute atomic E-state index is 2.52. The fourth-order valence-corrected chi connectivity index (χ4v) is 3.35. The van der Waals surface area contributed by atoms with Crippen LogP contribution in [0.15, 0.2) is 0 Å². The third kappa shape index (κ3) is 1.40. The molecule has 2 heterocycles. The molecule has 2 saturated heterocycles. The summed E-state index contributed by atoms with van der Waals surface area (Å²) in [5.74, 6) is 0.880. The Bertz CT molecular complexity index is 192. The predicted octanol–water partition coefficient (Wildman–Crippen LogP) is 1.28. The number of nitrogens with zero attached hydrogens (tertiary/aromatic N) is 2. The maximum Gasteiger partial charge on any atom is 0.00704 e. The van der Waals surface area contributed by atoms with Crippen LogP contribution in [0, 0.1) is 11.3 Å². The van der Waals surface area contributed by atoms with Gasteiger partial charge in [-0.15, -0.1) is 0 Å². The third-order valence-corrected chi connectivity index (χ3v) is 4.23. The fourth-order valence-electron chi connectivity index (χ4n) is 3.35. The molecule has 0 radical (unpaired) electrons. The van der Waals surface area contributed by atoms with E-state index >= 15 is 0 Å². The summed E-state index contributed by atoms with van der Waals surface area (Å²) in [6, 6.07) is 0.786. The second-order valence-corrected chi connectivity index (χ2v) is 5.43. The van der Waals surface area contributed by atoms with Crippen molar-refractivity contribution in [3.8, 4) is 0 Å². The van der Waals surface area contributed by atoms with Gasteiger partial charge >= 0.3 is 0 Å². The molecule has 0 aromatic carbocycles. The molecule has 2 rings (SSSR count). The maximum atomic E-state index is 2.52. The van der Waals surface area contributed by atoms with Gasteiger partial charge in [-0.2, -0.15) is 0 Å². The summed E-state index contributed by atoms with van der Waals surface area (Å²) >= 11 is 0. The number of hydrogen-bond acceptors (Lipinski definition) is 2. The van der Waals surface area contributed by atoms with Gasteiger partial charge < -0.3 is 9.80 Å². The van der Waals surface area contributed by atoms with E-state index in [9.17, 15) is 0 Å². The number of hydrogen-bond donors (Lipinski definition) is 0. The quantitative estimate of drug-likeness (QED) is 0.557. The van der Waals surface area contributed by atoms with Crippen LogP contribution in [-0.4, -0.2) is 49.6 Å². The summed E-state index contributed by atoms with van der Waals surface area (Å²) in [7, 11) is 4.53. The van der Waals surface area contributed by atoms with Gasteiger partial charge in [0, 0.05) is 31.1 Å². The van der Waals surface area contributed by atoms with E-state index in [2.05, 4.69) is 37.7 Å². The number of rotatable bonds is 0. The van der Waals surface area contributed by atoms with Gasteiger partial charge in [0.05, 0.1) is 0 Å². The van der Waals surface area contributed by atoms with Crippen LogP contribution in [0.4, 0.5) is 0 Å². The highest BCUT2D eigenvalue weighted by Gasteiger charge is 2.48. The van der Waals surface area contributed by atoms with Crippen LogP contribution in [-0.2, 0) is 0 Å². The van der Waals surface area contributed by atoms with Crippen LogP contribution in [0.2, 0.25) is 0 Å². The molecule has 2 fully saturated rings. The third-order valence-electron chi connectivity index (χ3n) is 4.23. The summed E-state index contributed by atoms with van der Waals surface area (Å²) in [5, 5.41) is 0. The number of likely N-dealkylation sites (tertiary alicyclic amines) is 2. The lowest BCUT2D eigenvalue weighted by Crippen LogP contribution is -2.32. The van der Waals surface area contributed by atoms with Crippen molar-refractivity contribution in [1.29, 1.82) is 0 Å². The van der Waals surface area contributed by atoms with E-state index in [0.29, 0.717) is 5.41 Å². The molecule has 0 saturated carbocycles. The monoisotopic (exact) mass is 182 g/mol. The van der Waals surface area contributed by atoms with Crippen LogP contribution >= 0.6 is 0 Å². The summed E-state index contributed by atoms with van der Waals surface area (Å²) in [5.41, 5.74) is 0.614. The first-order valence-corrected chi connectivity index (χ1v) is 5.42. The Morgan fingerprint density at radius 1 is 1.15 bits per heavy atom. The molecule has 0 amide bonds. The van der Waals surface area contributed by atoms with Crippen molar-refractivity contribution in [2.24, 2.45) is 11.3 Å². The predicted molar refractivity (Wildman–Crippen MR) is 55.8 cm³/mol. The van der Waals surface area contributed by atoms with Crippen LogP contribution in [0.25, 0.3) is 0 Å². The van der Waals surface area contributed by atoms with Crippen molar-refractivity contribution < 1.29 is 0 Å². The van der Waals surface area contributed by atoms with E-state index < -0.39 is 0 Å². The molecule has 3 atom stereocenters. The molecule has 2 heteroatoms. The minimum Gasteiger partial charge on any atom is -0.305 e. The van der Waals surface area contributed by atoms with Crippen molar-refractivity contribution in [2.75, 3.05) is 33.7 Å². The molecular formula is C11H22N2. The van der Waals surface area contributed by atoms with Gasteiger partial charge in [-0.25, -0.2) is 0 Å². The molecule has 2 nitrogen and oxygen atoms in total. The molecule has 0 aliphatic carbocycles.